The van der Waals surface area contributed by atoms with Crippen molar-refractivity contribution in [2.75, 3.05) is 7.11 Å². The van der Waals surface area contributed by atoms with Crippen LogP contribution < -0.4 is 10.1 Å². The minimum atomic E-state index is 0.653. The maximum Gasteiger partial charge on any atom is 0.123 e. The van der Waals surface area contributed by atoms with Crippen LogP contribution in [-0.2, 0) is 13.1 Å². The van der Waals surface area contributed by atoms with E-state index in [9.17, 15) is 0 Å². The molecule has 0 saturated carbocycles. The highest BCUT2D eigenvalue weighted by Gasteiger charge is 2.03. The van der Waals surface area contributed by atoms with Crippen LogP contribution in [0.5, 0.6) is 5.75 Å². The van der Waals surface area contributed by atoms with Crippen molar-refractivity contribution in [3.63, 3.8) is 0 Å². The van der Waals surface area contributed by atoms with Gasteiger partial charge in [0.1, 0.15) is 5.75 Å². The van der Waals surface area contributed by atoms with E-state index < -0.39 is 0 Å². The van der Waals surface area contributed by atoms with Crippen molar-refractivity contribution in [3.05, 3.63) is 64.2 Å². The Balaban J connectivity index is 1.99. The molecule has 0 amide bonds. The first kappa shape index (κ1) is 14.4. The molecule has 0 spiro atoms. The lowest BCUT2D eigenvalue weighted by molar-refractivity contribution is 0.407. The molecule has 0 aliphatic heterocycles. The van der Waals surface area contributed by atoms with Gasteiger partial charge in [-0.2, -0.15) is 5.26 Å². The average molecular weight is 287 g/mol. The van der Waals surface area contributed by atoms with Crippen LogP contribution in [0, 0.1) is 11.3 Å². The molecular formula is C16H15ClN2O. The highest BCUT2D eigenvalue weighted by molar-refractivity contribution is 6.30. The number of ether oxygens (including phenoxy) is 1. The van der Waals surface area contributed by atoms with Gasteiger partial charge in [0.05, 0.1) is 18.7 Å². The van der Waals surface area contributed by atoms with E-state index in [1.54, 1.807) is 19.2 Å². The molecule has 0 aliphatic rings. The van der Waals surface area contributed by atoms with Gasteiger partial charge in [-0.3, -0.25) is 0 Å². The molecule has 0 aliphatic carbocycles. The number of nitrogens with one attached hydrogen (secondary N) is 1. The molecular weight excluding hydrogens is 272 g/mol. The zero-order valence-electron chi connectivity index (χ0n) is 11.2. The molecule has 0 radical (unpaired) electrons. The average Bonchev–Trinajstić information content (AvgIpc) is 2.48. The Kier molecular flexibility index (Phi) is 5.00. The summed E-state index contributed by atoms with van der Waals surface area (Å²) in [6.45, 7) is 1.34. The molecule has 0 fully saturated rings. The molecule has 2 aromatic carbocycles. The number of nitriles is 1. The Morgan fingerprint density at radius 1 is 1.20 bits per heavy atom. The minimum absolute atomic E-state index is 0.653. The van der Waals surface area contributed by atoms with Gasteiger partial charge in [0.15, 0.2) is 0 Å². The first-order valence-corrected chi connectivity index (χ1v) is 6.63. The zero-order valence-corrected chi connectivity index (χ0v) is 11.9. The van der Waals surface area contributed by atoms with Crippen LogP contribution in [0.2, 0.25) is 5.02 Å². The lowest BCUT2D eigenvalue weighted by Gasteiger charge is -2.10. The normalized spacial score (nSPS) is 10.1. The molecule has 0 heterocycles. The fraction of sp³-hybridized carbons (Fsp3) is 0.188. The van der Waals surface area contributed by atoms with Gasteiger partial charge in [-0.25, -0.2) is 0 Å². The third-order valence-electron chi connectivity index (χ3n) is 2.94. The van der Waals surface area contributed by atoms with E-state index in [0.29, 0.717) is 23.7 Å². The topological polar surface area (TPSA) is 45.0 Å². The molecule has 2 rings (SSSR count). The van der Waals surface area contributed by atoms with Gasteiger partial charge in [-0.05, 0) is 35.9 Å². The lowest BCUT2D eigenvalue weighted by atomic mass is 10.1. The summed E-state index contributed by atoms with van der Waals surface area (Å²) < 4.78 is 5.30. The highest BCUT2D eigenvalue weighted by atomic mass is 35.5. The molecule has 0 aromatic heterocycles. The first-order valence-electron chi connectivity index (χ1n) is 6.25. The molecule has 0 atom stereocenters. The molecule has 3 nitrogen and oxygen atoms in total. The van der Waals surface area contributed by atoms with E-state index in [1.807, 2.05) is 30.3 Å². The predicted octanol–water partition coefficient (Wildman–Crippen LogP) is 3.51. The van der Waals surface area contributed by atoms with E-state index in [-0.39, 0.29) is 0 Å². The maximum atomic E-state index is 8.86. The second kappa shape index (κ2) is 6.95. The van der Waals surface area contributed by atoms with Gasteiger partial charge in [0.25, 0.3) is 0 Å². The van der Waals surface area contributed by atoms with Crippen LogP contribution in [-0.4, -0.2) is 7.11 Å². The van der Waals surface area contributed by atoms with Gasteiger partial charge in [0, 0.05) is 23.7 Å². The Bertz CT molecular complexity index is 635. The number of methoxy groups -OCH3 is 1. The van der Waals surface area contributed by atoms with Crippen LogP contribution in [0.1, 0.15) is 16.7 Å². The largest absolute Gasteiger partial charge is 0.496 e. The van der Waals surface area contributed by atoms with E-state index in [2.05, 4.69) is 11.4 Å². The number of benzene rings is 2. The van der Waals surface area contributed by atoms with Crippen LogP contribution in [0.15, 0.2) is 42.5 Å². The van der Waals surface area contributed by atoms with Crippen molar-refractivity contribution in [2.24, 2.45) is 0 Å². The Morgan fingerprint density at radius 2 is 2.05 bits per heavy atom. The number of nitrogens with zero attached hydrogens (tertiary/aromatic N) is 1. The number of hydrogen-bond donors (Lipinski definition) is 1. The third-order valence-corrected chi connectivity index (χ3v) is 3.18. The van der Waals surface area contributed by atoms with Crippen molar-refractivity contribution >= 4 is 11.6 Å². The van der Waals surface area contributed by atoms with Gasteiger partial charge in [0.2, 0.25) is 0 Å². The Hall–Kier alpha value is -2.02. The summed E-state index contributed by atoms with van der Waals surface area (Å²) >= 11 is 5.99. The number of rotatable bonds is 5. The van der Waals surface area contributed by atoms with E-state index >= 15 is 0 Å². The van der Waals surface area contributed by atoms with E-state index in [4.69, 9.17) is 21.6 Å². The van der Waals surface area contributed by atoms with Crippen molar-refractivity contribution in [1.29, 1.82) is 5.26 Å². The fourth-order valence-electron chi connectivity index (χ4n) is 1.98. The van der Waals surface area contributed by atoms with Gasteiger partial charge >= 0.3 is 0 Å². The molecule has 0 unspecified atom stereocenters. The molecule has 102 valence electrons. The second-order valence-corrected chi connectivity index (χ2v) is 4.81. The summed E-state index contributed by atoms with van der Waals surface area (Å²) in [6, 6.07) is 15.2. The van der Waals surface area contributed by atoms with Crippen molar-refractivity contribution in [2.45, 2.75) is 13.1 Å². The quantitative estimate of drug-likeness (QED) is 0.915. The van der Waals surface area contributed by atoms with E-state index in [0.717, 1.165) is 16.9 Å². The Morgan fingerprint density at radius 3 is 2.80 bits per heavy atom. The third kappa shape index (κ3) is 3.74. The van der Waals surface area contributed by atoms with E-state index in [1.165, 1.54) is 0 Å². The Labute approximate surface area is 123 Å². The first-order chi connectivity index (χ1) is 9.72. The molecule has 2 aromatic rings. The van der Waals surface area contributed by atoms with Gasteiger partial charge < -0.3 is 10.1 Å². The molecule has 0 bridgehead atoms. The summed E-state index contributed by atoms with van der Waals surface area (Å²) in [4.78, 5) is 0. The smallest absolute Gasteiger partial charge is 0.123 e. The van der Waals surface area contributed by atoms with Crippen molar-refractivity contribution in [3.8, 4) is 11.8 Å². The van der Waals surface area contributed by atoms with Gasteiger partial charge in [-0.15, -0.1) is 0 Å². The zero-order chi connectivity index (χ0) is 14.4. The maximum absolute atomic E-state index is 8.86. The summed E-state index contributed by atoms with van der Waals surface area (Å²) in [7, 11) is 1.64. The van der Waals surface area contributed by atoms with Crippen LogP contribution >= 0.6 is 11.6 Å². The molecule has 0 saturated heterocycles. The summed E-state index contributed by atoms with van der Waals surface area (Å²) in [6.07, 6.45) is 0. The molecule has 1 N–H and O–H groups in total. The fourth-order valence-corrected chi connectivity index (χ4v) is 2.17. The van der Waals surface area contributed by atoms with Crippen LogP contribution in [0.4, 0.5) is 0 Å². The predicted molar refractivity (Wildman–Crippen MR) is 79.7 cm³/mol. The SMILES string of the molecule is COc1ccc(Cl)cc1CNCc1cccc(C#N)c1. The monoisotopic (exact) mass is 286 g/mol. The van der Waals surface area contributed by atoms with Crippen LogP contribution in [0.3, 0.4) is 0 Å². The summed E-state index contributed by atoms with van der Waals surface area (Å²) in [5.41, 5.74) is 2.76. The minimum Gasteiger partial charge on any atom is -0.496 e. The van der Waals surface area contributed by atoms with Crippen LogP contribution in [0.25, 0.3) is 0 Å². The lowest BCUT2D eigenvalue weighted by Crippen LogP contribution is -2.13. The summed E-state index contributed by atoms with van der Waals surface area (Å²) in [5.74, 6) is 0.813. The molecule has 20 heavy (non-hydrogen) atoms. The number of halogens is 1. The standard InChI is InChI=1S/C16H15ClN2O/c1-20-16-6-5-15(17)8-14(16)11-19-10-13-4-2-3-12(7-13)9-18/h2-8,19H,10-11H2,1H3. The number of hydrogen-bond acceptors (Lipinski definition) is 3. The highest BCUT2D eigenvalue weighted by Crippen LogP contribution is 2.22. The van der Waals surface area contributed by atoms with Crippen molar-refractivity contribution in [1.82, 2.24) is 5.32 Å². The van der Waals surface area contributed by atoms with Gasteiger partial charge in [-0.1, -0.05) is 23.7 Å². The second-order valence-electron chi connectivity index (χ2n) is 4.37. The molecule has 4 heteroatoms. The summed E-state index contributed by atoms with van der Waals surface area (Å²) in [5, 5.41) is 12.9. The van der Waals surface area contributed by atoms with Crippen molar-refractivity contribution < 1.29 is 4.74 Å².